The van der Waals surface area contributed by atoms with Gasteiger partial charge in [-0.2, -0.15) is 0 Å². The Morgan fingerprint density at radius 2 is 1.84 bits per heavy atom. The van der Waals surface area contributed by atoms with Crippen molar-refractivity contribution in [1.82, 2.24) is 4.98 Å². The van der Waals surface area contributed by atoms with Crippen LogP contribution < -0.4 is 0 Å². The van der Waals surface area contributed by atoms with E-state index >= 15 is 0 Å². The first-order chi connectivity index (χ1) is 9.35. The zero-order chi connectivity index (χ0) is 13.5. The SMILES string of the molecule is C=C/C(=N\C(=C/C)c1ccccn1)c1ccccc1. The summed E-state index contributed by atoms with van der Waals surface area (Å²) in [6.45, 7) is 5.80. The molecule has 0 spiro atoms. The maximum atomic E-state index is 4.65. The average Bonchev–Trinajstić information content (AvgIpc) is 2.50. The van der Waals surface area contributed by atoms with Gasteiger partial charge in [0.15, 0.2) is 0 Å². The molecule has 0 fully saturated rings. The summed E-state index contributed by atoms with van der Waals surface area (Å²) in [4.78, 5) is 8.97. The van der Waals surface area contributed by atoms with E-state index in [9.17, 15) is 0 Å². The summed E-state index contributed by atoms with van der Waals surface area (Å²) in [6, 6.07) is 15.8. The van der Waals surface area contributed by atoms with Crippen LogP contribution in [-0.2, 0) is 0 Å². The number of benzene rings is 1. The smallest absolute Gasteiger partial charge is 0.0882 e. The molecule has 0 unspecified atom stereocenters. The van der Waals surface area contributed by atoms with Gasteiger partial charge in [0.1, 0.15) is 0 Å². The van der Waals surface area contributed by atoms with E-state index in [1.165, 1.54) is 0 Å². The highest BCUT2D eigenvalue weighted by atomic mass is 14.8. The third-order valence-electron chi connectivity index (χ3n) is 2.70. The van der Waals surface area contributed by atoms with E-state index in [4.69, 9.17) is 0 Å². The molecule has 2 nitrogen and oxygen atoms in total. The fourth-order valence-corrected chi connectivity index (χ4v) is 1.75. The highest BCUT2D eigenvalue weighted by molar-refractivity contribution is 6.10. The molecule has 0 radical (unpaired) electrons. The van der Waals surface area contributed by atoms with Crippen molar-refractivity contribution in [3.05, 3.63) is 84.7 Å². The molecule has 0 amide bonds. The molecule has 0 aliphatic carbocycles. The minimum atomic E-state index is 0.847. The van der Waals surface area contributed by atoms with Crippen LogP contribution in [0.3, 0.4) is 0 Å². The van der Waals surface area contributed by atoms with E-state index in [0.717, 1.165) is 22.7 Å². The third-order valence-corrected chi connectivity index (χ3v) is 2.70. The molecule has 1 heterocycles. The minimum Gasteiger partial charge on any atom is -0.255 e. The molecule has 2 aromatic rings. The van der Waals surface area contributed by atoms with Crippen LogP contribution in [0.25, 0.3) is 5.70 Å². The normalized spacial score (nSPS) is 12.3. The minimum absolute atomic E-state index is 0.847. The quantitative estimate of drug-likeness (QED) is 0.747. The predicted molar refractivity (Wildman–Crippen MR) is 81.1 cm³/mol. The molecule has 2 heteroatoms. The Labute approximate surface area is 113 Å². The molecule has 0 atom stereocenters. The molecule has 0 saturated heterocycles. The summed E-state index contributed by atoms with van der Waals surface area (Å²) >= 11 is 0. The number of aromatic nitrogens is 1. The molecule has 0 N–H and O–H groups in total. The first-order valence-corrected chi connectivity index (χ1v) is 6.19. The van der Waals surface area contributed by atoms with Crippen molar-refractivity contribution in [3.8, 4) is 0 Å². The van der Waals surface area contributed by atoms with Crippen LogP contribution in [-0.4, -0.2) is 10.7 Å². The number of rotatable bonds is 4. The molecular weight excluding hydrogens is 232 g/mol. The topological polar surface area (TPSA) is 25.2 Å². The van der Waals surface area contributed by atoms with Crippen LogP contribution in [0.2, 0.25) is 0 Å². The van der Waals surface area contributed by atoms with Gasteiger partial charge in [-0.1, -0.05) is 49.1 Å². The summed E-state index contributed by atoms with van der Waals surface area (Å²) in [5.41, 5.74) is 3.60. The number of hydrogen-bond donors (Lipinski definition) is 0. The Bertz CT molecular complexity index is 596. The summed E-state index contributed by atoms with van der Waals surface area (Å²) in [5, 5.41) is 0. The number of allylic oxidation sites excluding steroid dienone is 2. The number of aliphatic imine (C=N–C) groups is 1. The van der Waals surface area contributed by atoms with E-state index in [1.807, 2.05) is 61.5 Å². The van der Waals surface area contributed by atoms with Crippen molar-refractivity contribution in [3.63, 3.8) is 0 Å². The zero-order valence-corrected chi connectivity index (χ0v) is 11.0. The summed E-state index contributed by atoms with van der Waals surface area (Å²) in [5.74, 6) is 0. The van der Waals surface area contributed by atoms with Gasteiger partial charge in [-0.05, 0) is 25.1 Å². The van der Waals surface area contributed by atoms with Crippen molar-refractivity contribution >= 4 is 11.4 Å². The summed E-state index contributed by atoms with van der Waals surface area (Å²) in [7, 11) is 0. The fourth-order valence-electron chi connectivity index (χ4n) is 1.75. The number of nitrogens with zero attached hydrogens (tertiary/aromatic N) is 2. The van der Waals surface area contributed by atoms with Gasteiger partial charge in [0, 0.05) is 11.8 Å². The largest absolute Gasteiger partial charge is 0.255 e. The number of hydrogen-bond acceptors (Lipinski definition) is 2. The Kier molecular flexibility index (Phi) is 4.40. The van der Waals surface area contributed by atoms with E-state index in [0.29, 0.717) is 0 Å². The zero-order valence-electron chi connectivity index (χ0n) is 11.0. The molecule has 0 saturated carbocycles. The van der Waals surface area contributed by atoms with E-state index < -0.39 is 0 Å². The first-order valence-electron chi connectivity index (χ1n) is 6.19. The van der Waals surface area contributed by atoms with Gasteiger partial charge < -0.3 is 0 Å². The summed E-state index contributed by atoms with van der Waals surface area (Å²) < 4.78 is 0. The lowest BCUT2D eigenvalue weighted by atomic mass is 10.1. The lowest BCUT2D eigenvalue weighted by molar-refractivity contribution is 1.25. The highest BCUT2D eigenvalue weighted by Crippen LogP contribution is 2.15. The van der Waals surface area contributed by atoms with Gasteiger partial charge in [0.2, 0.25) is 0 Å². The maximum absolute atomic E-state index is 4.65. The Hall–Kier alpha value is -2.48. The van der Waals surface area contributed by atoms with E-state index in [-0.39, 0.29) is 0 Å². The second kappa shape index (κ2) is 6.45. The monoisotopic (exact) mass is 248 g/mol. The van der Waals surface area contributed by atoms with Crippen molar-refractivity contribution < 1.29 is 0 Å². The lowest BCUT2D eigenvalue weighted by Gasteiger charge is -2.04. The van der Waals surface area contributed by atoms with Crippen LogP contribution in [0.15, 0.2) is 78.5 Å². The molecule has 2 rings (SSSR count). The molecule has 94 valence electrons. The maximum Gasteiger partial charge on any atom is 0.0882 e. The van der Waals surface area contributed by atoms with Crippen LogP contribution >= 0.6 is 0 Å². The average molecular weight is 248 g/mol. The predicted octanol–water partition coefficient (Wildman–Crippen LogP) is 4.12. The number of pyridine rings is 1. The molecule has 0 bridgehead atoms. The Morgan fingerprint density at radius 1 is 1.11 bits per heavy atom. The van der Waals surface area contributed by atoms with Gasteiger partial charge in [-0.25, -0.2) is 4.99 Å². The van der Waals surface area contributed by atoms with Crippen molar-refractivity contribution in [1.29, 1.82) is 0 Å². The van der Waals surface area contributed by atoms with Crippen molar-refractivity contribution in [2.24, 2.45) is 4.99 Å². The first kappa shape index (κ1) is 13.0. The van der Waals surface area contributed by atoms with E-state index in [1.54, 1.807) is 12.3 Å². The lowest BCUT2D eigenvalue weighted by Crippen LogP contribution is -1.97. The van der Waals surface area contributed by atoms with Crippen LogP contribution in [0.5, 0.6) is 0 Å². The van der Waals surface area contributed by atoms with Crippen LogP contribution in [0.4, 0.5) is 0 Å². The van der Waals surface area contributed by atoms with E-state index in [2.05, 4.69) is 16.6 Å². The second-order valence-corrected chi connectivity index (χ2v) is 3.96. The van der Waals surface area contributed by atoms with Crippen LogP contribution in [0.1, 0.15) is 18.2 Å². The fraction of sp³-hybridized carbons (Fsp3) is 0.0588. The van der Waals surface area contributed by atoms with Gasteiger partial charge in [0.25, 0.3) is 0 Å². The standard InChI is InChI=1S/C17H16N2/c1-3-15(14-10-6-5-7-11-14)19-16(4-2)17-12-8-9-13-18-17/h3-13H,1H2,2H3/b16-4-,19-15+. The van der Waals surface area contributed by atoms with Gasteiger partial charge >= 0.3 is 0 Å². The molecule has 1 aromatic carbocycles. The summed E-state index contributed by atoms with van der Waals surface area (Å²) in [6.07, 6.45) is 5.49. The molecule has 0 aliphatic rings. The van der Waals surface area contributed by atoms with Gasteiger partial charge in [-0.15, -0.1) is 0 Å². The molecule has 1 aromatic heterocycles. The third kappa shape index (κ3) is 3.26. The molecule has 19 heavy (non-hydrogen) atoms. The van der Waals surface area contributed by atoms with Gasteiger partial charge in [-0.3, -0.25) is 4.98 Å². The van der Waals surface area contributed by atoms with Crippen LogP contribution in [0, 0.1) is 0 Å². The molecular formula is C17H16N2. The van der Waals surface area contributed by atoms with Gasteiger partial charge in [0.05, 0.1) is 17.1 Å². The highest BCUT2D eigenvalue weighted by Gasteiger charge is 2.03. The Morgan fingerprint density at radius 3 is 2.42 bits per heavy atom. The second-order valence-electron chi connectivity index (χ2n) is 3.96. The van der Waals surface area contributed by atoms with Crippen molar-refractivity contribution in [2.45, 2.75) is 6.92 Å². The van der Waals surface area contributed by atoms with Crippen molar-refractivity contribution in [2.75, 3.05) is 0 Å². The molecule has 0 aliphatic heterocycles. The Balaban J connectivity index is 2.40.